The van der Waals surface area contributed by atoms with Gasteiger partial charge in [0.05, 0.1) is 0 Å². The number of nitrogens with zero attached hydrogens (tertiary/aromatic N) is 1. The molecule has 2 nitrogen and oxygen atoms in total. The topological polar surface area (TPSA) is 15.3 Å². The highest BCUT2D eigenvalue weighted by Gasteiger charge is 2.13. The lowest BCUT2D eigenvalue weighted by atomic mass is 10.1. The van der Waals surface area contributed by atoms with Gasteiger partial charge in [0.1, 0.15) is 0 Å². The highest BCUT2D eigenvalue weighted by molar-refractivity contribution is 6.31. The van der Waals surface area contributed by atoms with Crippen LogP contribution in [0.4, 0.5) is 11.4 Å². The molecule has 0 amide bonds. The van der Waals surface area contributed by atoms with Crippen molar-refractivity contribution >= 4 is 23.0 Å². The molecule has 0 bridgehead atoms. The average molecular weight is 303 g/mol. The number of nitrogens with one attached hydrogen (secondary N) is 1. The van der Waals surface area contributed by atoms with Gasteiger partial charge in [0.15, 0.2) is 0 Å². The molecule has 0 fully saturated rings. The maximum atomic E-state index is 6.41. The monoisotopic (exact) mass is 302 g/mol. The second-order valence-electron chi connectivity index (χ2n) is 5.26. The van der Waals surface area contributed by atoms with Gasteiger partial charge in [0.25, 0.3) is 0 Å². The van der Waals surface area contributed by atoms with Gasteiger partial charge in [-0.15, -0.1) is 0 Å². The van der Waals surface area contributed by atoms with Gasteiger partial charge in [-0.05, 0) is 43.7 Å². The molecule has 0 aliphatic rings. The van der Waals surface area contributed by atoms with Crippen LogP contribution in [0.2, 0.25) is 5.02 Å². The Morgan fingerprint density at radius 2 is 1.76 bits per heavy atom. The minimum atomic E-state index is 0.791. The van der Waals surface area contributed by atoms with E-state index < -0.39 is 0 Å². The Balaban J connectivity index is 2.34. The highest BCUT2D eigenvalue weighted by atomic mass is 35.5. The summed E-state index contributed by atoms with van der Waals surface area (Å²) >= 11 is 6.41. The minimum absolute atomic E-state index is 0.791. The lowest BCUT2D eigenvalue weighted by molar-refractivity contribution is 0.675. The summed E-state index contributed by atoms with van der Waals surface area (Å²) in [5.41, 5.74) is 4.77. The van der Waals surface area contributed by atoms with Crippen LogP contribution < -0.4 is 10.2 Å². The third kappa shape index (κ3) is 3.78. The van der Waals surface area contributed by atoms with E-state index in [9.17, 15) is 0 Å². The van der Waals surface area contributed by atoms with Gasteiger partial charge in [0, 0.05) is 35.6 Å². The lowest BCUT2D eigenvalue weighted by Crippen LogP contribution is -2.18. The number of hydrogen-bond donors (Lipinski definition) is 1. The van der Waals surface area contributed by atoms with E-state index in [4.69, 9.17) is 11.6 Å². The third-order valence-corrected chi connectivity index (χ3v) is 4.01. The van der Waals surface area contributed by atoms with Gasteiger partial charge in [-0.3, -0.25) is 0 Å². The van der Waals surface area contributed by atoms with Crippen molar-refractivity contribution in [3.63, 3.8) is 0 Å². The zero-order valence-corrected chi connectivity index (χ0v) is 13.7. The average Bonchev–Trinajstić information content (AvgIpc) is 2.49. The molecule has 0 saturated carbocycles. The molecule has 2 rings (SSSR count). The standard InChI is InChI=1S/C18H23ClN2/c1-4-12-20-13-15-16(19)9-7-11-18(15)21(3)17-10-6-5-8-14(17)2/h5-11,20H,4,12-13H2,1-3H3. The molecule has 2 aromatic carbocycles. The normalized spacial score (nSPS) is 10.7. The van der Waals surface area contributed by atoms with Gasteiger partial charge in [-0.2, -0.15) is 0 Å². The molecule has 0 atom stereocenters. The fourth-order valence-electron chi connectivity index (χ4n) is 2.50. The second kappa shape index (κ2) is 7.48. The summed E-state index contributed by atoms with van der Waals surface area (Å²) in [6.45, 7) is 6.09. The number of para-hydroxylation sites is 1. The van der Waals surface area contributed by atoms with Crippen molar-refractivity contribution in [1.82, 2.24) is 5.32 Å². The van der Waals surface area contributed by atoms with Crippen LogP contribution in [0, 0.1) is 6.92 Å². The van der Waals surface area contributed by atoms with Crippen LogP contribution in [0.1, 0.15) is 24.5 Å². The Morgan fingerprint density at radius 3 is 2.48 bits per heavy atom. The van der Waals surface area contributed by atoms with Crippen LogP contribution in [-0.2, 0) is 6.54 Å². The van der Waals surface area contributed by atoms with Gasteiger partial charge >= 0.3 is 0 Å². The predicted octanol–water partition coefficient (Wildman–Crippen LogP) is 4.92. The molecule has 0 aliphatic carbocycles. The van der Waals surface area contributed by atoms with E-state index >= 15 is 0 Å². The summed E-state index contributed by atoms with van der Waals surface area (Å²) in [5.74, 6) is 0. The summed E-state index contributed by atoms with van der Waals surface area (Å²) in [6, 6.07) is 14.5. The highest BCUT2D eigenvalue weighted by Crippen LogP contribution is 2.32. The third-order valence-electron chi connectivity index (χ3n) is 3.66. The zero-order valence-electron chi connectivity index (χ0n) is 13.0. The molecule has 112 valence electrons. The number of aryl methyl sites for hydroxylation is 1. The van der Waals surface area contributed by atoms with E-state index in [0.29, 0.717) is 0 Å². The zero-order chi connectivity index (χ0) is 15.2. The maximum absolute atomic E-state index is 6.41. The quantitative estimate of drug-likeness (QED) is 0.762. The van der Waals surface area contributed by atoms with Crippen LogP contribution >= 0.6 is 11.6 Å². The van der Waals surface area contributed by atoms with Crippen molar-refractivity contribution in [3.05, 3.63) is 58.6 Å². The molecule has 0 aromatic heterocycles. The first kappa shape index (κ1) is 15.9. The molecule has 2 aromatic rings. The van der Waals surface area contributed by atoms with Crippen LogP contribution in [0.5, 0.6) is 0 Å². The summed E-state index contributed by atoms with van der Waals surface area (Å²) in [5, 5.41) is 4.26. The maximum Gasteiger partial charge on any atom is 0.0471 e. The first-order valence-electron chi connectivity index (χ1n) is 7.42. The van der Waals surface area contributed by atoms with Crippen LogP contribution in [0.25, 0.3) is 0 Å². The van der Waals surface area contributed by atoms with E-state index in [1.54, 1.807) is 0 Å². The van der Waals surface area contributed by atoms with Gasteiger partial charge < -0.3 is 10.2 Å². The Labute approximate surface area is 132 Å². The van der Waals surface area contributed by atoms with Crippen molar-refractivity contribution in [1.29, 1.82) is 0 Å². The molecule has 1 N–H and O–H groups in total. The summed E-state index contributed by atoms with van der Waals surface area (Å²) in [6.07, 6.45) is 1.12. The molecule has 3 heteroatoms. The fourth-order valence-corrected chi connectivity index (χ4v) is 2.73. The van der Waals surface area contributed by atoms with E-state index in [0.717, 1.165) is 35.8 Å². The van der Waals surface area contributed by atoms with Crippen LogP contribution in [-0.4, -0.2) is 13.6 Å². The molecule has 21 heavy (non-hydrogen) atoms. The first-order valence-corrected chi connectivity index (χ1v) is 7.80. The van der Waals surface area contributed by atoms with E-state index in [1.165, 1.54) is 11.3 Å². The molecule has 0 spiro atoms. The number of halogens is 1. The SMILES string of the molecule is CCCNCc1c(Cl)cccc1N(C)c1ccccc1C. The van der Waals surface area contributed by atoms with Crippen molar-refractivity contribution < 1.29 is 0 Å². The number of hydrogen-bond acceptors (Lipinski definition) is 2. The first-order chi connectivity index (χ1) is 10.1. The number of benzene rings is 2. The van der Waals surface area contributed by atoms with Gasteiger partial charge in [0.2, 0.25) is 0 Å². The Morgan fingerprint density at radius 1 is 1.05 bits per heavy atom. The molecule has 0 radical (unpaired) electrons. The molecular formula is C18H23ClN2. The van der Waals surface area contributed by atoms with Crippen molar-refractivity contribution in [2.45, 2.75) is 26.8 Å². The molecular weight excluding hydrogens is 280 g/mol. The summed E-state index contributed by atoms with van der Waals surface area (Å²) in [4.78, 5) is 2.21. The van der Waals surface area contributed by atoms with Gasteiger partial charge in [-0.25, -0.2) is 0 Å². The second-order valence-corrected chi connectivity index (χ2v) is 5.67. The molecule has 0 saturated heterocycles. The largest absolute Gasteiger partial charge is 0.344 e. The smallest absolute Gasteiger partial charge is 0.0471 e. The Kier molecular flexibility index (Phi) is 5.66. The summed E-state index contributed by atoms with van der Waals surface area (Å²) < 4.78 is 0. The Bertz CT molecular complexity index is 596. The van der Waals surface area contributed by atoms with E-state index in [2.05, 4.69) is 61.4 Å². The summed E-state index contributed by atoms with van der Waals surface area (Å²) in [7, 11) is 2.09. The van der Waals surface area contributed by atoms with Crippen LogP contribution in [0.15, 0.2) is 42.5 Å². The molecule has 0 aliphatic heterocycles. The van der Waals surface area contributed by atoms with Crippen LogP contribution in [0.3, 0.4) is 0 Å². The lowest BCUT2D eigenvalue weighted by Gasteiger charge is -2.25. The van der Waals surface area contributed by atoms with Crippen molar-refractivity contribution in [3.8, 4) is 0 Å². The minimum Gasteiger partial charge on any atom is -0.344 e. The van der Waals surface area contributed by atoms with E-state index in [-0.39, 0.29) is 0 Å². The molecule has 0 heterocycles. The van der Waals surface area contributed by atoms with Gasteiger partial charge in [-0.1, -0.05) is 42.8 Å². The molecule has 0 unspecified atom stereocenters. The number of anilines is 2. The fraction of sp³-hybridized carbons (Fsp3) is 0.333. The van der Waals surface area contributed by atoms with Crippen molar-refractivity contribution in [2.24, 2.45) is 0 Å². The predicted molar refractivity (Wildman–Crippen MR) is 92.7 cm³/mol. The Hall–Kier alpha value is -1.51. The van der Waals surface area contributed by atoms with E-state index in [1.807, 2.05) is 12.1 Å². The number of rotatable bonds is 6. The van der Waals surface area contributed by atoms with Crippen molar-refractivity contribution in [2.75, 3.05) is 18.5 Å².